The summed E-state index contributed by atoms with van der Waals surface area (Å²) in [6.07, 6.45) is 1.72. The summed E-state index contributed by atoms with van der Waals surface area (Å²) >= 11 is -2.26. The zero-order valence-corrected chi connectivity index (χ0v) is 10.3. The molecule has 0 amide bonds. The van der Waals surface area contributed by atoms with E-state index in [4.69, 9.17) is 0 Å². The molecule has 0 aromatic carbocycles. The van der Waals surface area contributed by atoms with Crippen LogP contribution in [0.25, 0.3) is 0 Å². The van der Waals surface area contributed by atoms with Crippen molar-refractivity contribution in [3.8, 4) is 0 Å². The van der Waals surface area contributed by atoms with E-state index in [0.29, 0.717) is 19.4 Å². The maximum atomic E-state index is 11.2. The van der Waals surface area contributed by atoms with E-state index in [2.05, 4.69) is 9.44 Å². The third kappa shape index (κ3) is 10.3. The Hall–Kier alpha value is -0.0200. The molecule has 0 radical (unpaired) electrons. The Morgan fingerprint density at radius 2 is 1.93 bits per heavy atom. The molecule has 8 heteroatoms. The van der Waals surface area contributed by atoms with Gasteiger partial charge in [0.15, 0.2) is 0 Å². The van der Waals surface area contributed by atoms with E-state index in [1.54, 1.807) is 0 Å². The normalized spacial score (nSPS) is 14.0. The molecule has 0 aliphatic rings. The van der Waals surface area contributed by atoms with Crippen molar-refractivity contribution in [2.75, 3.05) is 18.8 Å². The molecule has 0 saturated carbocycles. The Balaban J connectivity index is 3.53. The predicted molar refractivity (Wildman–Crippen MR) is 58.2 cm³/mol. The molecule has 0 aliphatic carbocycles. The van der Waals surface area contributed by atoms with E-state index in [9.17, 15) is 17.2 Å². The molecule has 92 valence electrons. The van der Waals surface area contributed by atoms with Crippen LogP contribution in [0.4, 0.5) is 0 Å². The van der Waals surface area contributed by atoms with Crippen molar-refractivity contribution in [1.29, 1.82) is 0 Å². The van der Waals surface area contributed by atoms with Crippen LogP contribution in [-0.2, 0) is 21.3 Å². The molecule has 1 unspecified atom stereocenters. The molecule has 6 nitrogen and oxygen atoms in total. The molecule has 2 N–H and O–H groups in total. The lowest BCUT2D eigenvalue weighted by atomic mass is 10.3. The van der Waals surface area contributed by atoms with Gasteiger partial charge in [-0.25, -0.2) is 17.9 Å². The summed E-state index contributed by atoms with van der Waals surface area (Å²) in [5, 5.41) is 0. The van der Waals surface area contributed by atoms with Gasteiger partial charge < -0.3 is 4.55 Å². The smallest absolute Gasteiger partial charge is 0.211 e. The van der Waals surface area contributed by atoms with Crippen LogP contribution in [0.15, 0.2) is 0 Å². The fourth-order valence-corrected chi connectivity index (χ4v) is 2.46. The monoisotopic (exact) mass is 257 g/mol. The molecule has 0 rings (SSSR count). The highest BCUT2D eigenvalue weighted by atomic mass is 32.2. The molecule has 0 aromatic rings. The first-order valence-corrected chi connectivity index (χ1v) is 7.50. The second-order valence-corrected chi connectivity index (χ2v) is 5.73. The first-order valence-electron chi connectivity index (χ1n) is 4.78. The van der Waals surface area contributed by atoms with Gasteiger partial charge in [-0.15, -0.1) is 0 Å². The first-order chi connectivity index (χ1) is 6.98. The number of nitrogens with one attached hydrogen (secondary N) is 2. The van der Waals surface area contributed by atoms with Crippen LogP contribution < -0.4 is 9.44 Å². The molecule has 0 saturated heterocycles. The molecule has 0 aromatic heterocycles. The topological polar surface area (TPSA) is 98.3 Å². The van der Waals surface area contributed by atoms with Crippen molar-refractivity contribution in [2.45, 2.75) is 26.2 Å². The summed E-state index contributed by atoms with van der Waals surface area (Å²) in [7, 11) is -3.18. The molecule has 15 heavy (non-hydrogen) atoms. The molecular formula is C7H17N2O4S2-. The molecular weight excluding hydrogens is 240 g/mol. The second kappa shape index (κ2) is 8.17. The Labute approximate surface area is 93.3 Å². The van der Waals surface area contributed by atoms with E-state index in [1.165, 1.54) is 0 Å². The molecule has 0 spiro atoms. The maximum Gasteiger partial charge on any atom is 0.211 e. The molecule has 1 atom stereocenters. The van der Waals surface area contributed by atoms with Crippen molar-refractivity contribution in [3.05, 3.63) is 0 Å². The molecule has 0 heterocycles. The minimum Gasteiger partial charge on any atom is -0.760 e. The minimum atomic E-state index is -3.18. The van der Waals surface area contributed by atoms with E-state index >= 15 is 0 Å². The number of hydrogen-bond donors (Lipinski definition) is 2. The van der Waals surface area contributed by atoms with Gasteiger partial charge in [0.1, 0.15) is 0 Å². The van der Waals surface area contributed by atoms with Gasteiger partial charge >= 0.3 is 0 Å². The summed E-state index contributed by atoms with van der Waals surface area (Å²) in [6, 6.07) is 0. The largest absolute Gasteiger partial charge is 0.760 e. The Morgan fingerprint density at radius 1 is 1.27 bits per heavy atom. The molecule has 0 bridgehead atoms. The first kappa shape index (κ1) is 15.0. The Kier molecular flexibility index (Phi) is 8.16. The van der Waals surface area contributed by atoms with Crippen LogP contribution in [0, 0.1) is 0 Å². The highest BCUT2D eigenvalue weighted by Crippen LogP contribution is 1.94. The van der Waals surface area contributed by atoms with Gasteiger partial charge in [0.2, 0.25) is 10.0 Å². The number of rotatable bonds is 9. The average Bonchev–Trinajstić information content (AvgIpc) is 2.14. The summed E-state index contributed by atoms with van der Waals surface area (Å²) < 4.78 is 47.2. The van der Waals surface area contributed by atoms with Crippen LogP contribution in [0.2, 0.25) is 0 Å². The van der Waals surface area contributed by atoms with Crippen molar-refractivity contribution in [1.82, 2.24) is 9.44 Å². The van der Waals surface area contributed by atoms with E-state index in [0.717, 1.165) is 6.42 Å². The van der Waals surface area contributed by atoms with Crippen LogP contribution in [0.3, 0.4) is 0 Å². The highest BCUT2D eigenvalue weighted by molar-refractivity contribution is 7.89. The standard InChI is InChI=1S/C7H18N2O4S2/c1-2-5-9-15(12,13)7-4-3-6-8-14(10)11/h8-9H,2-7H2,1H3,(H,10,11)/p-1. The third-order valence-electron chi connectivity index (χ3n) is 1.63. The van der Waals surface area contributed by atoms with Gasteiger partial charge in [-0.05, 0) is 19.3 Å². The quantitative estimate of drug-likeness (QED) is 0.429. The van der Waals surface area contributed by atoms with Gasteiger partial charge in [-0.3, -0.25) is 4.21 Å². The number of hydrogen-bond acceptors (Lipinski definition) is 4. The van der Waals surface area contributed by atoms with Gasteiger partial charge in [0.25, 0.3) is 0 Å². The van der Waals surface area contributed by atoms with Gasteiger partial charge in [-0.2, -0.15) is 0 Å². The maximum absolute atomic E-state index is 11.2. The highest BCUT2D eigenvalue weighted by Gasteiger charge is 2.07. The third-order valence-corrected chi connectivity index (χ3v) is 3.54. The summed E-state index contributed by atoms with van der Waals surface area (Å²) in [4.78, 5) is 0. The lowest BCUT2D eigenvalue weighted by Gasteiger charge is -2.07. The summed E-state index contributed by atoms with van der Waals surface area (Å²) in [6.45, 7) is 2.61. The van der Waals surface area contributed by atoms with Gasteiger partial charge in [0.05, 0.1) is 5.75 Å². The number of sulfonamides is 1. The SMILES string of the molecule is CCCNS(=O)(=O)CCCCNS(=O)[O-]. The fourth-order valence-electron chi connectivity index (χ4n) is 0.902. The van der Waals surface area contributed by atoms with Crippen molar-refractivity contribution in [2.24, 2.45) is 0 Å². The summed E-state index contributed by atoms with van der Waals surface area (Å²) in [5.41, 5.74) is 0. The van der Waals surface area contributed by atoms with E-state index in [-0.39, 0.29) is 12.3 Å². The van der Waals surface area contributed by atoms with Gasteiger partial charge in [0, 0.05) is 24.4 Å². The van der Waals surface area contributed by atoms with E-state index in [1.807, 2.05) is 6.92 Å². The second-order valence-electron chi connectivity index (χ2n) is 3.05. The van der Waals surface area contributed by atoms with Crippen LogP contribution in [0.5, 0.6) is 0 Å². The predicted octanol–water partition coefficient (Wildman–Crippen LogP) is -0.520. The minimum absolute atomic E-state index is 0.0418. The van der Waals surface area contributed by atoms with E-state index < -0.39 is 21.3 Å². The zero-order valence-electron chi connectivity index (χ0n) is 8.69. The van der Waals surface area contributed by atoms with Crippen molar-refractivity contribution < 1.29 is 17.2 Å². The lowest BCUT2D eigenvalue weighted by molar-refractivity contribution is 0.521. The lowest BCUT2D eigenvalue weighted by Crippen LogP contribution is -2.27. The zero-order chi connectivity index (χ0) is 11.7. The van der Waals surface area contributed by atoms with Crippen molar-refractivity contribution >= 4 is 21.3 Å². The van der Waals surface area contributed by atoms with Crippen molar-refractivity contribution in [3.63, 3.8) is 0 Å². The summed E-state index contributed by atoms with van der Waals surface area (Å²) in [5.74, 6) is 0.0418. The number of unbranched alkanes of at least 4 members (excludes halogenated alkanes) is 1. The van der Waals surface area contributed by atoms with Gasteiger partial charge in [-0.1, -0.05) is 6.92 Å². The average molecular weight is 257 g/mol. The molecule has 0 fully saturated rings. The van der Waals surface area contributed by atoms with Crippen LogP contribution in [-0.4, -0.2) is 36.0 Å². The fraction of sp³-hybridized carbons (Fsp3) is 1.00. The Morgan fingerprint density at radius 3 is 2.47 bits per heavy atom. The van der Waals surface area contributed by atoms with Crippen LogP contribution in [0.1, 0.15) is 26.2 Å². The molecule has 0 aliphatic heterocycles. The van der Waals surface area contributed by atoms with Crippen LogP contribution >= 0.6 is 0 Å². The Bertz CT molecular complexity index is 279.